The van der Waals surface area contributed by atoms with Gasteiger partial charge in [0.1, 0.15) is 12.2 Å². The Morgan fingerprint density at radius 1 is 1.21 bits per heavy atom. The molecule has 0 aliphatic rings. The highest BCUT2D eigenvalue weighted by Crippen LogP contribution is 2.21. The summed E-state index contributed by atoms with van der Waals surface area (Å²) < 4.78 is 35.1. The third kappa shape index (κ3) is 9.29. The van der Waals surface area contributed by atoms with Gasteiger partial charge < -0.3 is 0 Å². The van der Waals surface area contributed by atoms with Gasteiger partial charge in [-0.25, -0.2) is 0 Å². The quantitative estimate of drug-likeness (QED) is 0.461. The van der Waals surface area contributed by atoms with Crippen LogP contribution >= 0.6 is 0 Å². The minimum absolute atomic E-state index is 0.0383. The Labute approximate surface area is 82.0 Å². The van der Waals surface area contributed by atoms with Crippen LogP contribution in [0.5, 0.6) is 0 Å². The Morgan fingerprint density at radius 2 is 1.86 bits per heavy atom. The lowest BCUT2D eigenvalue weighted by molar-refractivity contribution is -0.152. The standard InChI is InChI=1S/C10H15F3O/c1-2-3-4-5-6-7-9(14)8-10(11,12)13/h2H,1,3-8H2. The summed E-state index contributed by atoms with van der Waals surface area (Å²) in [6.07, 6.45) is -0.754. The molecule has 0 aliphatic heterocycles. The minimum Gasteiger partial charge on any atom is -0.299 e. The van der Waals surface area contributed by atoms with Gasteiger partial charge in [0.05, 0.1) is 0 Å². The molecule has 0 atom stereocenters. The molecule has 1 nitrogen and oxygen atoms in total. The number of hydrogen-bond donors (Lipinski definition) is 0. The van der Waals surface area contributed by atoms with E-state index < -0.39 is 18.4 Å². The molecule has 0 saturated carbocycles. The van der Waals surface area contributed by atoms with E-state index in [1.54, 1.807) is 6.08 Å². The second-order valence-electron chi connectivity index (χ2n) is 3.22. The molecule has 0 fully saturated rings. The van der Waals surface area contributed by atoms with E-state index in [1.165, 1.54) is 0 Å². The van der Waals surface area contributed by atoms with E-state index in [-0.39, 0.29) is 6.42 Å². The van der Waals surface area contributed by atoms with E-state index in [9.17, 15) is 18.0 Å². The largest absolute Gasteiger partial charge is 0.395 e. The van der Waals surface area contributed by atoms with Gasteiger partial charge in [0, 0.05) is 6.42 Å². The van der Waals surface area contributed by atoms with Crippen molar-refractivity contribution in [3.63, 3.8) is 0 Å². The van der Waals surface area contributed by atoms with Crippen molar-refractivity contribution in [1.29, 1.82) is 0 Å². The normalized spacial score (nSPS) is 11.4. The van der Waals surface area contributed by atoms with Crippen LogP contribution in [0, 0.1) is 0 Å². The molecular formula is C10H15F3O. The second-order valence-corrected chi connectivity index (χ2v) is 3.22. The Morgan fingerprint density at radius 3 is 2.36 bits per heavy atom. The molecule has 14 heavy (non-hydrogen) atoms. The zero-order valence-corrected chi connectivity index (χ0v) is 8.07. The van der Waals surface area contributed by atoms with Crippen molar-refractivity contribution in [2.24, 2.45) is 0 Å². The lowest BCUT2D eigenvalue weighted by Crippen LogP contribution is -2.14. The van der Waals surface area contributed by atoms with Gasteiger partial charge in [0.2, 0.25) is 0 Å². The smallest absolute Gasteiger partial charge is 0.299 e. The van der Waals surface area contributed by atoms with Gasteiger partial charge in [-0.1, -0.05) is 12.5 Å². The summed E-state index contributed by atoms with van der Waals surface area (Å²) in [5, 5.41) is 0. The maximum absolute atomic E-state index is 11.7. The average Bonchev–Trinajstić information content (AvgIpc) is 2.00. The van der Waals surface area contributed by atoms with E-state index in [1.807, 2.05) is 0 Å². The molecule has 0 spiro atoms. The van der Waals surface area contributed by atoms with E-state index in [2.05, 4.69) is 6.58 Å². The number of carbonyl (C=O) groups is 1. The van der Waals surface area contributed by atoms with Crippen LogP contribution in [0.4, 0.5) is 13.2 Å². The van der Waals surface area contributed by atoms with Crippen molar-refractivity contribution >= 4 is 5.78 Å². The lowest BCUT2D eigenvalue weighted by atomic mass is 10.1. The summed E-state index contributed by atoms with van der Waals surface area (Å²) in [5.41, 5.74) is 0. The number of rotatable bonds is 7. The molecule has 0 unspecified atom stereocenters. The van der Waals surface area contributed by atoms with Crippen molar-refractivity contribution < 1.29 is 18.0 Å². The highest BCUT2D eigenvalue weighted by atomic mass is 19.4. The molecule has 0 saturated heterocycles. The average molecular weight is 208 g/mol. The number of halogens is 3. The highest BCUT2D eigenvalue weighted by molar-refractivity contribution is 5.78. The Kier molecular flexibility index (Phi) is 6.25. The van der Waals surface area contributed by atoms with Crippen LogP contribution < -0.4 is 0 Å². The van der Waals surface area contributed by atoms with Crippen molar-refractivity contribution in [1.82, 2.24) is 0 Å². The molecule has 4 heteroatoms. The van der Waals surface area contributed by atoms with Crippen molar-refractivity contribution in [3.8, 4) is 0 Å². The van der Waals surface area contributed by atoms with Gasteiger partial charge in [0.15, 0.2) is 0 Å². The molecule has 0 rings (SSSR count). The van der Waals surface area contributed by atoms with Gasteiger partial charge in [-0.05, 0) is 19.3 Å². The zero-order chi connectivity index (χ0) is 11.0. The summed E-state index contributed by atoms with van der Waals surface area (Å²) in [4.78, 5) is 10.8. The topological polar surface area (TPSA) is 17.1 Å². The maximum Gasteiger partial charge on any atom is 0.395 e. The van der Waals surface area contributed by atoms with Gasteiger partial charge in [-0.15, -0.1) is 6.58 Å². The first-order valence-corrected chi connectivity index (χ1v) is 4.65. The summed E-state index contributed by atoms with van der Waals surface area (Å²) in [6.45, 7) is 3.53. The monoisotopic (exact) mass is 208 g/mol. The second kappa shape index (κ2) is 6.62. The molecule has 0 bridgehead atoms. The predicted molar refractivity (Wildman–Crippen MR) is 49.0 cm³/mol. The molecule has 0 amide bonds. The third-order valence-electron chi connectivity index (χ3n) is 1.76. The summed E-state index contributed by atoms with van der Waals surface area (Å²) >= 11 is 0. The first-order chi connectivity index (χ1) is 6.45. The summed E-state index contributed by atoms with van der Waals surface area (Å²) in [5.74, 6) is -0.712. The molecule has 0 aromatic rings. The van der Waals surface area contributed by atoms with Crippen molar-refractivity contribution in [3.05, 3.63) is 12.7 Å². The van der Waals surface area contributed by atoms with Crippen LogP contribution in [0.1, 0.15) is 38.5 Å². The summed E-state index contributed by atoms with van der Waals surface area (Å²) in [6, 6.07) is 0. The molecule has 0 aliphatic carbocycles. The van der Waals surface area contributed by atoms with Crippen LogP contribution in [-0.2, 0) is 4.79 Å². The minimum atomic E-state index is -4.35. The summed E-state index contributed by atoms with van der Waals surface area (Å²) in [7, 11) is 0. The molecule has 0 heterocycles. The number of Topliss-reactive ketones (excluding diaryl/α,β-unsaturated/α-hetero) is 1. The first kappa shape index (κ1) is 13.2. The third-order valence-corrected chi connectivity index (χ3v) is 1.76. The van der Waals surface area contributed by atoms with Crippen LogP contribution in [0.15, 0.2) is 12.7 Å². The number of hydrogen-bond acceptors (Lipinski definition) is 1. The van der Waals surface area contributed by atoms with Crippen LogP contribution in [0.2, 0.25) is 0 Å². The lowest BCUT2D eigenvalue weighted by Gasteiger charge is -2.04. The number of ketones is 1. The Balaban J connectivity index is 3.41. The van der Waals surface area contributed by atoms with E-state index in [4.69, 9.17) is 0 Å². The van der Waals surface area contributed by atoms with Crippen LogP contribution in [0.3, 0.4) is 0 Å². The molecular weight excluding hydrogens is 193 g/mol. The van der Waals surface area contributed by atoms with E-state index in [0.717, 1.165) is 19.3 Å². The highest BCUT2D eigenvalue weighted by Gasteiger charge is 2.30. The van der Waals surface area contributed by atoms with Crippen LogP contribution in [-0.4, -0.2) is 12.0 Å². The Hall–Kier alpha value is -0.800. The van der Waals surface area contributed by atoms with Gasteiger partial charge >= 0.3 is 6.18 Å². The molecule has 0 aromatic carbocycles. The number of allylic oxidation sites excluding steroid dienone is 1. The molecule has 0 radical (unpaired) electrons. The van der Waals surface area contributed by atoms with Crippen molar-refractivity contribution in [2.75, 3.05) is 0 Å². The van der Waals surface area contributed by atoms with Gasteiger partial charge in [-0.2, -0.15) is 13.2 Å². The molecule has 0 N–H and O–H groups in total. The molecule has 0 aromatic heterocycles. The van der Waals surface area contributed by atoms with Gasteiger partial charge in [0.25, 0.3) is 0 Å². The predicted octanol–water partition coefficient (Wildman–Crippen LogP) is 3.64. The van der Waals surface area contributed by atoms with Gasteiger partial charge in [-0.3, -0.25) is 4.79 Å². The first-order valence-electron chi connectivity index (χ1n) is 4.65. The Bertz CT molecular complexity index is 184. The molecule has 82 valence electrons. The zero-order valence-electron chi connectivity index (χ0n) is 8.07. The maximum atomic E-state index is 11.7. The van der Waals surface area contributed by atoms with E-state index in [0.29, 0.717) is 6.42 Å². The number of alkyl halides is 3. The number of unbranched alkanes of at least 4 members (excludes halogenated alkanes) is 3. The SMILES string of the molecule is C=CCCCCCC(=O)CC(F)(F)F. The number of carbonyl (C=O) groups excluding carboxylic acids is 1. The fourth-order valence-corrected chi connectivity index (χ4v) is 1.10. The fraction of sp³-hybridized carbons (Fsp3) is 0.700. The fourth-order valence-electron chi connectivity index (χ4n) is 1.10. The van der Waals surface area contributed by atoms with E-state index >= 15 is 0 Å². The van der Waals surface area contributed by atoms with Crippen molar-refractivity contribution in [2.45, 2.75) is 44.7 Å². The van der Waals surface area contributed by atoms with Crippen LogP contribution in [0.25, 0.3) is 0 Å².